The molecule has 0 fully saturated rings. The first-order valence-corrected chi connectivity index (χ1v) is 7.40. The average Bonchev–Trinajstić information content (AvgIpc) is 3.02. The van der Waals surface area contributed by atoms with Gasteiger partial charge in [-0.05, 0) is 25.5 Å². The van der Waals surface area contributed by atoms with E-state index in [0.29, 0.717) is 25.5 Å². The van der Waals surface area contributed by atoms with E-state index in [-0.39, 0.29) is 5.75 Å². The first-order valence-electron chi connectivity index (χ1n) is 7.40. The lowest BCUT2D eigenvalue weighted by molar-refractivity contribution is -0.140. The lowest BCUT2D eigenvalue weighted by Gasteiger charge is -2.28. The predicted molar refractivity (Wildman–Crippen MR) is 78.5 cm³/mol. The number of amides is 1. The largest absolute Gasteiger partial charge is 0.480 e. The van der Waals surface area contributed by atoms with Gasteiger partial charge in [0.25, 0.3) is 5.91 Å². The van der Waals surface area contributed by atoms with E-state index in [2.05, 4.69) is 10.1 Å². The van der Waals surface area contributed by atoms with E-state index in [9.17, 15) is 18.0 Å². The van der Waals surface area contributed by atoms with Gasteiger partial charge < -0.3 is 4.74 Å². The standard InChI is InChI=1S/C15H15F3N4O2/c1-10(24-12-6-3-2-5-11(12)15(16,17)18)13(23)21-7-4-8-22-14(21)19-9-20-22/h2-3,5-6,9-10H,4,7-8H2,1H3/t10-/m0/s1. The molecule has 0 radical (unpaired) electrons. The second-order valence-electron chi connectivity index (χ2n) is 5.38. The first kappa shape index (κ1) is 16.3. The van der Waals surface area contributed by atoms with E-state index in [4.69, 9.17) is 4.74 Å². The minimum atomic E-state index is -4.55. The predicted octanol–water partition coefficient (Wildman–Crippen LogP) is 2.50. The molecule has 0 spiro atoms. The molecule has 2 aromatic rings. The van der Waals surface area contributed by atoms with Crippen molar-refractivity contribution in [1.29, 1.82) is 0 Å². The van der Waals surface area contributed by atoms with Crippen LogP contribution in [0, 0.1) is 0 Å². The Balaban J connectivity index is 1.80. The SMILES string of the molecule is C[C@H](Oc1ccccc1C(F)(F)F)C(=O)N1CCCn2ncnc21. The number of nitrogens with zero attached hydrogens (tertiary/aromatic N) is 4. The fraction of sp³-hybridized carbons (Fsp3) is 0.400. The van der Waals surface area contributed by atoms with Gasteiger partial charge in [0.2, 0.25) is 5.95 Å². The van der Waals surface area contributed by atoms with Gasteiger partial charge in [0.05, 0.1) is 5.56 Å². The molecule has 0 bridgehead atoms. The summed E-state index contributed by atoms with van der Waals surface area (Å²) in [5.74, 6) is -0.448. The monoisotopic (exact) mass is 340 g/mol. The van der Waals surface area contributed by atoms with Crippen molar-refractivity contribution in [3.63, 3.8) is 0 Å². The number of hydrogen-bond donors (Lipinski definition) is 0. The summed E-state index contributed by atoms with van der Waals surface area (Å²) in [6.07, 6.45) is -3.61. The number of hydrogen-bond acceptors (Lipinski definition) is 4. The number of fused-ring (bicyclic) bond motifs is 1. The van der Waals surface area contributed by atoms with Crippen molar-refractivity contribution >= 4 is 11.9 Å². The maximum Gasteiger partial charge on any atom is 0.419 e. The van der Waals surface area contributed by atoms with Crippen molar-refractivity contribution in [1.82, 2.24) is 14.8 Å². The van der Waals surface area contributed by atoms with Crippen molar-refractivity contribution in [3.8, 4) is 5.75 Å². The Bertz CT molecular complexity index is 744. The maximum absolute atomic E-state index is 13.0. The fourth-order valence-corrected chi connectivity index (χ4v) is 2.58. The van der Waals surface area contributed by atoms with Crippen molar-refractivity contribution in [2.75, 3.05) is 11.4 Å². The molecule has 6 nitrogen and oxygen atoms in total. The zero-order chi connectivity index (χ0) is 17.3. The van der Waals surface area contributed by atoms with E-state index in [0.717, 1.165) is 6.07 Å². The molecule has 3 rings (SSSR count). The molecule has 1 aliphatic heterocycles. The average molecular weight is 340 g/mol. The first-order chi connectivity index (χ1) is 11.4. The molecule has 1 aliphatic rings. The highest BCUT2D eigenvalue weighted by molar-refractivity contribution is 5.95. The number of carbonyl (C=O) groups excluding carboxylic acids is 1. The zero-order valence-electron chi connectivity index (χ0n) is 12.8. The summed E-state index contributed by atoms with van der Waals surface area (Å²) in [6.45, 7) is 2.49. The topological polar surface area (TPSA) is 60.2 Å². The third kappa shape index (κ3) is 3.06. The molecule has 24 heavy (non-hydrogen) atoms. The van der Waals surface area contributed by atoms with E-state index in [1.165, 1.54) is 36.4 Å². The van der Waals surface area contributed by atoms with Crippen molar-refractivity contribution < 1.29 is 22.7 Å². The van der Waals surface area contributed by atoms with Crippen LogP contribution in [-0.2, 0) is 17.5 Å². The van der Waals surface area contributed by atoms with Crippen LogP contribution in [0.1, 0.15) is 18.9 Å². The Morgan fingerprint density at radius 3 is 2.79 bits per heavy atom. The van der Waals surface area contributed by atoms with Crippen LogP contribution in [0.25, 0.3) is 0 Å². The summed E-state index contributed by atoms with van der Waals surface area (Å²) in [5, 5.41) is 4.00. The summed E-state index contributed by atoms with van der Waals surface area (Å²) in [5.41, 5.74) is -0.911. The molecule has 1 atom stereocenters. The van der Waals surface area contributed by atoms with Crippen LogP contribution in [-0.4, -0.2) is 33.3 Å². The summed E-state index contributed by atoms with van der Waals surface area (Å²) in [6, 6.07) is 4.82. The van der Waals surface area contributed by atoms with Crippen molar-refractivity contribution in [3.05, 3.63) is 36.2 Å². The molecule has 1 amide bonds. The molecule has 0 saturated heterocycles. The van der Waals surface area contributed by atoms with Gasteiger partial charge in [-0.25, -0.2) is 4.68 Å². The second-order valence-corrected chi connectivity index (χ2v) is 5.38. The molecule has 0 saturated carbocycles. The van der Waals surface area contributed by atoms with Gasteiger partial charge in [-0.1, -0.05) is 12.1 Å². The van der Waals surface area contributed by atoms with E-state index < -0.39 is 23.8 Å². The minimum Gasteiger partial charge on any atom is -0.480 e. The van der Waals surface area contributed by atoms with Gasteiger partial charge in [0, 0.05) is 13.1 Å². The normalized spacial score (nSPS) is 15.8. The van der Waals surface area contributed by atoms with Crippen molar-refractivity contribution in [2.45, 2.75) is 32.2 Å². The Labute approximate surface area is 135 Å². The third-order valence-corrected chi connectivity index (χ3v) is 3.70. The number of anilines is 1. The van der Waals surface area contributed by atoms with Gasteiger partial charge in [0.1, 0.15) is 12.1 Å². The molecule has 0 N–H and O–H groups in total. The highest BCUT2D eigenvalue weighted by Crippen LogP contribution is 2.36. The highest BCUT2D eigenvalue weighted by atomic mass is 19.4. The minimum absolute atomic E-state index is 0.371. The van der Waals surface area contributed by atoms with Crippen LogP contribution in [0.2, 0.25) is 0 Å². The molecule has 128 valence electrons. The Morgan fingerprint density at radius 1 is 1.29 bits per heavy atom. The number of para-hydroxylation sites is 1. The van der Waals surface area contributed by atoms with Crippen LogP contribution in [0.3, 0.4) is 0 Å². The quantitative estimate of drug-likeness (QED) is 0.861. The number of rotatable bonds is 3. The lowest BCUT2D eigenvalue weighted by Crippen LogP contribution is -2.45. The summed E-state index contributed by atoms with van der Waals surface area (Å²) in [7, 11) is 0. The molecule has 1 aromatic carbocycles. The smallest absolute Gasteiger partial charge is 0.419 e. The summed E-state index contributed by atoms with van der Waals surface area (Å²) < 4.78 is 45.9. The number of halogens is 3. The third-order valence-electron chi connectivity index (χ3n) is 3.70. The number of carbonyl (C=O) groups is 1. The molecule has 0 unspecified atom stereocenters. The van der Waals surface area contributed by atoms with Crippen LogP contribution in [0.15, 0.2) is 30.6 Å². The second kappa shape index (κ2) is 6.14. The van der Waals surface area contributed by atoms with Crippen LogP contribution < -0.4 is 9.64 Å². The number of aromatic nitrogens is 3. The Kier molecular flexibility index (Phi) is 4.16. The lowest BCUT2D eigenvalue weighted by atomic mass is 10.2. The molecule has 1 aromatic heterocycles. The molecule has 0 aliphatic carbocycles. The van der Waals surface area contributed by atoms with Crippen LogP contribution in [0.5, 0.6) is 5.75 Å². The summed E-state index contributed by atoms with van der Waals surface area (Å²) in [4.78, 5) is 18.0. The van der Waals surface area contributed by atoms with Gasteiger partial charge in [-0.15, -0.1) is 0 Å². The number of ether oxygens (including phenoxy) is 1. The maximum atomic E-state index is 13.0. The van der Waals surface area contributed by atoms with Crippen LogP contribution in [0.4, 0.5) is 19.1 Å². The van der Waals surface area contributed by atoms with Gasteiger partial charge >= 0.3 is 6.18 Å². The Hall–Kier alpha value is -2.58. The number of alkyl halides is 3. The molecule has 9 heteroatoms. The summed E-state index contributed by atoms with van der Waals surface area (Å²) >= 11 is 0. The molecular weight excluding hydrogens is 325 g/mol. The van der Waals surface area contributed by atoms with Gasteiger partial charge in [-0.2, -0.15) is 23.3 Å². The zero-order valence-corrected chi connectivity index (χ0v) is 12.8. The number of aryl methyl sites for hydroxylation is 1. The number of benzene rings is 1. The van der Waals surface area contributed by atoms with E-state index in [1.807, 2.05) is 0 Å². The molecular formula is C15H15F3N4O2. The Morgan fingerprint density at radius 2 is 2.04 bits per heavy atom. The van der Waals surface area contributed by atoms with E-state index in [1.54, 1.807) is 4.68 Å². The van der Waals surface area contributed by atoms with Crippen LogP contribution >= 0.6 is 0 Å². The highest BCUT2D eigenvalue weighted by Gasteiger charge is 2.36. The molecule has 2 heterocycles. The fourth-order valence-electron chi connectivity index (χ4n) is 2.58. The van der Waals surface area contributed by atoms with E-state index >= 15 is 0 Å². The van der Waals surface area contributed by atoms with Crippen molar-refractivity contribution in [2.24, 2.45) is 0 Å². The van der Waals surface area contributed by atoms with Gasteiger partial charge in [-0.3, -0.25) is 9.69 Å². The van der Waals surface area contributed by atoms with Gasteiger partial charge in [0.15, 0.2) is 6.10 Å².